The lowest BCUT2D eigenvalue weighted by molar-refractivity contribution is 0.882. The highest BCUT2D eigenvalue weighted by atomic mass is 79.9. The molecule has 3 N–H and O–H groups in total. The van der Waals surface area contributed by atoms with Crippen LogP contribution >= 0.6 is 28.1 Å². The zero-order chi connectivity index (χ0) is 13.8. The third kappa shape index (κ3) is 3.52. The van der Waals surface area contributed by atoms with Gasteiger partial charge in [-0.05, 0) is 30.7 Å². The van der Waals surface area contributed by atoms with E-state index < -0.39 is 0 Å². The maximum absolute atomic E-state index is 5.71. The Balaban J connectivity index is 2.21. The maximum Gasteiger partial charge on any atom is 0.106 e. The number of rotatable bonds is 4. The smallest absolute Gasteiger partial charge is 0.106 e. The van der Waals surface area contributed by atoms with Crippen molar-refractivity contribution in [2.45, 2.75) is 13.0 Å². The van der Waals surface area contributed by atoms with Crippen LogP contribution in [0.1, 0.15) is 24.1 Å². The van der Waals surface area contributed by atoms with E-state index in [-0.39, 0.29) is 6.04 Å². The maximum atomic E-state index is 5.71. The molecule has 2 aromatic rings. The van der Waals surface area contributed by atoms with Gasteiger partial charge in [-0.1, -0.05) is 40.3 Å². The normalized spacial score (nSPS) is 11.9. The largest absolute Gasteiger partial charge is 0.389 e. The molecule has 1 heterocycles. The summed E-state index contributed by atoms with van der Waals surface area (Å²) >= 11 is 8.47. The highest BCUT2D eigenvalue weighted by Crippen LogP contribution is 2.22. The summed E-state index contributed by atoms with van der Waals surface area (Å²) in [5.74, 6) is 0. The van der Waals surface area contributed by atoms with Gasteiger partial charge < -0.3 is 11.1 Å². The molecule has 0 amide bonds. The molecule has 0 aliphatic rings. The first kappa shape index (κ1) is 14.0. The number of thiocarbonyl (C=S) groups is 1. The van der Waals surface area contributed by atoms with Gasteiger partial charge in [0, 0.05) is 22.3 Å². The lowest BCUT2D eigenvalue weighted by Gasteiger charge is -2.17. The van der Waals surface area contributed by atoms with E-state index in [0.29, 0.717) is 4.99 Å². The fourth-order valence-electron chi connectivity index (χ4n) is 1.79. The number of halogens is 1. The molecule has 0 aliphatic carbocycles. The van der Waals surface area contributed by atoms with E-state index in [1.54, 1.807) is 12.4 Å². The molecule has 2 rings (SSSR count). The molecule has 1 atom stereocenters. The summed E-state index contributed by atoms with van der Waals surface area (Å²) in [6, 6.07) is 10.1. The Morgan fingerprint density at radius 2 is 2.00 bits per heavy atom. The summed E-state index contributed by atoms with van der Waals surface area (Å²) in [7, 11) is 0. The first-order chi connectivity index (χ1) is 9.08. The van der Waals surface area contributed by atoms with Crippen LogP contribution in [0.4, 0.5) is 5.69 Å². The summed E-state index contributed by atoms with van der Waals surface area (Å²) in [4.78, 5) is 4.47. The number of nitrogens with zero attached hydrogens (tertiary/aromatic N) is 1. The minimum absolute atomic E-state index is 0.144. The third-order valence-corrected chi connectivity index (χ3v) is 3.58. The van der Waals surface area contributed by atoms with Crippen LogP contribution in [0, 0.1) is 0 Å². The van der Waals surface area contributed by atoms with Crippen molar-refractivity contribution in [1.29, 1.82) is 0 Å². The van der Waals surface area contributed by atoms with Crippen LogP contribution in [-0.2, 0) is 0 Å². The summed E-state index contributed by atoms with van der Waals surface area (Å²) < 4.78 is 1.06. The van der Waals surface area contributed by atoms with Crippen LogP contribution in [0.25, 0.3) is 0 Å². The van der Waals surface area contributed by atoms with Crippen molar-refractivity contribution in [1.82, 2.24) is 4.98 Å². The van der Waals surface area contributed by atoms with E-state index in [9.17, 15) is 0 Å². The van der Waals surface area contributed by atoms with Gasteiger partial charge in [-0.2, -0.15) is 0 Å². The first-order valence-corrected chi connectivity index (χ1v) is 7.04. The van der Waals surface area contributed by atoms with E-state index in [1.165, 1.54) is 5.56 Å². The number of hydrogen-bond acceptors (Lipinski definition) is 3. The van der Waals surface area contributed by atoms with Crippen molar-refractivity contribution in [2.75, 3.05) is 5.32 Å². The molecule has 1 unspecified atom stereocenters. The van der Waals surface area contributed by atoms with E-state index in [0.717, 1.165) is 15.7 Å². The number of nitrogens with one attached hydrogen (secondary N) is 1. The van der Waals surface area contributed by atoms with Gasteiger partial charge in [-0.3, -0.25) is 4.98 Å². The molecule has 98 valence electrons. The summed E-state index contributed by atoms with van der Waals surface area (Å²) in [6.07, 6.45) is 3.42. The SMILES string of the molecule is CC(Nc1cnccc1C(N)=S)c1ccc(Br)cc1. The summed E-state index contributed by atoms with van der Waals surface area (Å²) in [5.41, 5.74) is 8.55. The Bertz CT molecular complexity index is 583. The average molecular weight is 336 g/mol. The van der Waals surface area contributed by atoms with Crippen molar-refractivity contribution >= 4 is 38.8 Å². The number of nitrogens with two attached hydrogens (primary N) is 1. The van der Waals surface area contributed by atoms with Crippen molar-refractivity contribution in [3.63, 3.8) is 0 Å². The monoisotopic (exact) mass is 335 g/mol. The minimum atomic E-state index is 0.144. The van der Waals surface area contributed by atoms with Crippen LogP contribution in [0.3, 0.4) is 0 Å². The quantitative estimate of drug-likeness (QED) is 0.837. The molecular formula is C14H14BrN3S. The predicted octanol–water partition coefficient (Wildman–Crippen LogP) is 3.65. The Morgan fingerprint density at radius 1 is 1.32 bits per heavy atom. The van der Waals surface area contributed by atoms with E-state index in [4.69, 9.17) is 18.0 Å². The van der Waals surface area contributed by atoms with Gasteiger partial charge in [0.25, 0.3) is 0 Å². The molecule has 0 radical (unpaired) electrons. The highest BCUT2D eigenvalue weighted by molar-refractivity contribution is 9.10. The summed E-state index contributed by atoms with van der Waals surface area (Å²) in [6.45, 7) is 2.08. The van der Waals surface area contributed by atoms with Crippen LogP contribution in [0.15, 0.2) is 47.2 Å². The second-order valence-corrected chi connectivity index (χ2v) is 5.56. The fraction of sp³-hybridized carbons (Fsp3) is 0.143. The molecule has 1 aromatic heterocycles. The molecule has 1 aromatic carbocycles. The lowest BCUT2D eigenvalue weighted by atomic mass is 10.1. The number of pyridine rings is 1. The van der Waals surface area contributed by atoms with Crippen LogP contribution < -0.4 is 11.1 Å². The number of aromatic nitrogens is 1. The molecule has 3 nitrogen and oxygen atoms in total. The molecule has 0 bridgehead atoms. The topological polar surface area (TPSA) is 50.9 Å². The lowest BCUT2D eigenvalue weighted by Crippen LogP contribution is -2.15. The third-order valence-electron chi connectivity index (χ3n) is 2.83. The number of hydrogen-bond donors (Lipinski definition) is 2. The standard InChI is InChI=1S/C14H14BrN3S/c1-9(10-2-4-11(15)5-3-10)18-13-8-17-7-6-12(13)14(16)19/h2-9,18H,1H3,(H2,16,19). The molecule has 0 fully saturated rings. The van der Waals surface area contributed by atoms with Gasteiger partial charge >= 0.3 is 0 Å². The molecule has 0 saturated carbocycles. The molecule has 5 heteroatoms. The fourth-order valence-corrected chi connectivity index (χ4v) is 2.23. The second-order valence-electron chi connectivity index (χ2n) is 4.20. The zero-order valence-electron chi connectivity index (χ0n) is 10.4. The number of anilines is 1. The van der Waals surface area contributed by atoms with Gasteiger partial charge in [0.2, 0.25) is 0 Å². The minimum Gasteiger partial charge on any atom is -0.389 e. The Hall–Kier alpha value is -1.46. The summed E-state index contributed by atoms with van der Waals surface area (Å²) in [5, 5.41) is 3.38. The molecule has 19 heavy (non-hydrogen) atoms. The second kappa shape index (κ2) is 6.12. The van der Waals surface area contributed by atoms with Gasteiger partial charge in [-0.25, -0.2) is 0 Å². The van der Waals surface area contributed by atoms with Crippen molar-refractivity contribution in [2.24, 2.45) is 5.73 Å². The van der Waals surface area contributed by atoms with Gasteiger partial charge in [0.1, 0.15) is 4.99 Å². The van der Waals surface area contributed by atoms with Crippen molar-refractivity contribution in [3.8, 4) is 0 Å². The van der Waals surface area contributed by atoms with Gasteiger partial charge in [0.05, 0.1) is 11.9 Å². The Morgan fingerprint density at radius 3 is 2.63 bits per heavy atom. The Labute approximate surface area is 126 Å². The van der Waals surface area contributed by atoms with Crippen LogP contribution in [0.5, 0.6) is 0 Å². The number of benzene rings is 1. The van der Waals surface area contributed by atoms with Gasteiger partial charge in [0.15, 0.2) is 0 Å². The van der Waals surface area contributed by atoms with Crippen molar-refractivity contribution < 1.29 is 0 Å². The van der Waals surface area contributed by atoms with Crippen LogP contribution in [-0.4, -0.2) is 9.97 Å². The van der Waals surface area contributed by atoms with Crippen LogP contribution in [0.2, 0.25) is 0 Å². The highest BCUT2D eigenvalue weighted by Gasteiger charge is 2.09. The van der Waals surface area contributed by atoms with Gasteiger partial charge in [-0.15, -0.1) is 0 Å². The molecule has 0 spiro atoms. The van der Waals surface area contributed by atoms with E-state index in [2.05, 4.69) is 45.3 Å². The molecule has 0 saturated heterocycles. The zero-order valence-corrected chi connectivity index (χ0v) is 12.8. The van der Waals surface area contributed by atoms with Crippen molar-refractivity contribution in [3.05, 3.63) is 58.3 Å². The van der Waals surface area contributed by atoms with E-state index >= 15 is 0 Å². The first-order valence-electron chi connectivity index (χ1n) is 5.83. The van der Waals surface area contributed by atoms with E-state index in [1.807, 2.05) is 18.2 Å². The average Bonchev–Trinajstić information content (AvgIpc) is 2.39. The molecular weight excluding hydrogens is 322 g/mol. The predicted molar refractivity (Wildman–Crippen MR) is 86.3 cm³/mol. The Kier molecular flexibility index (Phi) is 4.50. The molecule has 0 aliphatic heterocycles.